The summed E-state index contributed by atoms with van der Waals surface area (Å²) in [7, 11) is 0. The van der Waals surface area contributed by atoms with E-state index in [1.165, 1.54) is 0 Å². The summed E-state index contributed by atoms with van der Waals surface area (Å²) in [5.74, 6) is -2.52. The van der Waals surface area contributed by atoms with Crippen LogP contribution in [0.2, 0.25) is 0 Å². The first-order valence-electron chi connectivity index (χ1n) is 5.26. The Kier molecular flexibility index (Phi) is 2.63. The van der Waals surface area contributed by atoms with Gasteiger partial charge in [-0.25, -0.2) is 8.78 Å². The van der Waals surface area contributed by atoms with E-state index >= 15 is 0 Å². The van der Waals surface area contributed by atoms with Gasteiger partial charge >= 0.3 is 0 Å². The molecule has 1 heterocycles. The highest BCUT2D eigenvalue weighted by Crippen LogP contribution is 2.29. The van der Waals surface area contributed by atoms with Crippen molar-refractivity contribution in [2.24, 2.45) is 0 Å². The summed E-state index contributed by atoms with van der Waals surface area (Å²) in [6.07, 6.45) is 0.593. The fourth-order valence-electron chi connectivity index (χ4n) is 1.94. The maximum absolute atomic E-state index is 13.2. The Morgan fingerprint density at radius 2 is 1.87 bits per heavy atom. The fourth-order valence-corrected chi connectivity index (χ4v) is 1.94. The molecule has 0 atom stereocenters. The predicted molar refractivity (Wildman–Crippen MR) is 57.6 cm³/mol. The molecule has 0 aliphatic carbocycles. The van der Waals surface area contributed by atoms with Crippen molar-refractivity contribution in [3.63, 3.8) is 0 Å². The van der Waals surface area contributed by atoms with E-state index in [0.717, 1.165) is 17.8 Å². The van der Waals surface area contributed by atoms with Gasteiger partial charge in [0.2, 0.25) is 0 Å². The predicted octanol–water partition coefficient (Wildman–Crippen LogP) is 3.23. The van der Waals surface area contributed by atoms with Crippen LogP contribution in [-0.2, 0) is 0 Å². The van der Waals surface area contributed by atoms with E-state index in [1.54, 1.807) is 4.90 Å². The van der Waals surface area contributed by atoms with Crippen LogP contribution >= 0.6 is 0 Å². The summed E-state index contributed by atoms with van der Waals surface area (Å²) < 4.78 is 26.4. The summed E-state index contributed by atoms with van der Waals surface area (Å²) in [5, 5.41) is 0. The molecule has 0 bridgehead atoms. The molecular formula is C12H15F2N. The smallest absolute Gasteiger partial charge is 0.265 e. The van der Waals surface area contributed by atoms with Crippen molar-refractivity contribution in [1.82, 2.24) is 0 Å². The van der Waals surface area contributed by atoms with E-state index in [4.69, 9.17) is 0 Å². The van der Waals surface area contributed by atoms with Crippen LogP contribution in [0.4, 0.5) is 14.5 Å². The molecule has 1 aliphatic heterocycles. The molecule has 82 valence electrons. The molecular weight excluding hydrogens is 196 g/mol. The van der Waals surface area contributed by atoms with Gasteiger partial charge in [-0.3, -0.25) is 0 Å². The van der Waals surface area contributed by atoms with Gasteiger partial charge in [-0.1, -0.05) is 17.7 Å². The standard InChI is InChI=1S/C12H15F2N/c1-10-3-5-11(6-4-10)15-8-2-7-12(13,14)9-15/h3-6H,2,7-9H2,1H3. The Hall–Kier alpha value is -1.12. The average molecular weight is 211 g/mol. The van der Waals surface area contributed by atoms with Gasteiger partial charge < -0.3 is 4.90 Å². The van der Waals surface area contributed by atoms with Crippen LogP contribution in [0.1, 0.15) is 18.4 Å². The van der Waals surface area contributed by atoms with E-state index in [9.17, 15) is 8.78 Å². The highest BCUT2D eigenvalue weighted by Gasteiger charge is 2.35. The monoisotopic (exact) mass is 211 g/mol. The second kappa shape index (κ2) is 3.80. The lowest BCUT2D eigenvalue weighted by Crippen LogP contribution is -2.42. The molecule has 1 fully saturated rings. The summed E-state index contributed by atoms with van der Waals surface area (Å²) in [4.78, 5) is 1.77. The zero-order chi connectivity index (χ0) is 10.9. The van der Waals surface area contributed by atoms with E-state index in [0.29, 0.717) is 6.42 Å². The van der Waals surface area contributed by atoms with Gasteiger partial charge in [0.25, 0.3) is 5.92 Å². The number of halogens is 2. The highest BCUT2D eigenvalue weighted by molar-refractivity contribution is 5.48. The van der Waals surface area contributed by atoms with Gasteiger partial charge in [-0.05, 0) is 25.5 Å². The second-order valence-corrected chi connectivity index (χ2v) is 4.22. The van der Waals surface area contributed by atoms with Gasteiger partial charge in [0.15, 0.2) is 0 Å². The lowest BCUT2D eigenvalue weighted by molar-refractivity contribution is -0.0116. The number of aryl methyl sites for hydroxylation is 1. The van der Waals surface area contributed by atoms with E-state index in [2.05, 4.69) is 0 Å². The molecule has 0 amide bonds. The van der Waals surface area contributed by atoms with Gasteiger partial charge in [-0.15, -0.1) is 0 Å². The largest absolute Gasteiger partial charge is 0.365 e. The van der Waals surface area contributed by atoms with Crippen LogP contribution in [0.3, 0.4) is 0 Å². The number of hydrogen-bond donors (Lipinski definition) is 0. The van der Waals surface area contributed by atoms with Crippen molar-refractivity contribution in [2.45, 2.75) is 25.7 Å². The first-order chi connectivity index (χ1) is 7.07. The molecule has 1 aromatic carbocycles. The molecule has 0 aromatic heterocycles. The molecule has 0 radical (unpaired) electrons. The van der Waals surface area contributed by atoms with Crippen molar-refractivity contribution < 1.29 is 8.78 Å². The van der Waals surface area contributed by atoms with Gasteiger partial charge in [0.1, 0.15) is 0 Å². The quantitative estimate of drug-likeness (QED) is 0.689. The first-order valence-corrected chi connectivity index (χ1v) is 5.26. The lowest BCUT2D eigenvalue weighted by atomic mass is 10.1. The Labute approximate surface area is 88.7 Å². The van der Waals surface area contributed by atoms with Crippen LogP contribution in [0.15, 0.2) is 24.3 Å². The van der Waals surface area contributed by atoms with E-state index < -0.39 is 5.92 Å². The van der Waals surface area contributed by atoms with Crippen LogP contribution < -0.4 is 4.90 Å². The molecule has 15 heavy (non-hydrogen) atoms. The van der Waals surface area contributed by atoms with Crippen molar-refractivity contribution >= 4 is 5.69 Å². The SMILES string of the molecule is Cc1ccc(N2CCCC(F)(F)C2)cc1. The van der Waals surface area contributed by atoms with Crippen molar-refractivity contribution in [3.8, 4) is 0 Å². The fraction of sp³-hybridized carbons (Fsp3) is 0.500. The molecule has 1 aliphatic rings. The summed E-state index contributed by atoms with van der Waals surface area (Å²) in [6, 6.07) is 7.75. The Morgan fingerprint density at radius 1 is 1.20 bits per heavy atom. The molecule has 3 heteroatoms. The third-order valence-electron chi connectivity index (χ3n) is 2.79. The third-order valence-corrected chi connectivity index (χ3v) is 2.79. The van der Waals surface area contributed by atoms with Crippen LogP contribution in [0, 0.1) is 6.92 Å². The lowest BCUT2D eigenvalue weighted by Gasteiger charge is -2.34. The highest BCUT2D eigenvalue weighted by atomic mass is 19.3. The second-order valence-electron chi connectivity index (χ2n) is 4.22. The number of hydrogen-bond acceptors (Lipinski definition) is 1. The normalized spacial score (nSPS) is 20.3. The summed E-state index contributed by atoms with van der Waals surface area (Å²) >= 11 is 0. The molecule has 1 aromatic rings. The van der Waals surface area contributed by atoms with Crippen molar-refractivity contribution in [1.29, 1.82) is 0 Å². The van der Waals surface area contributed by atoms with Crippen molar-refractivity contribution in [2.75, 3.05) is 18.0 Å². The maximum Gasteiger partial charge on any atom is 0.265 e. The average Bonchev–Trinajstić information content (AvgIpc) is 2.17. The molecule has 1 saturated heterocycles. The summed E-state index contributed by atoms with van der Waals surface area (Å²) in [5.41, 5.74) is 2.06. The Bertz CT molecular complexity index is 332. The van der Waals surface area contributed by atoms with Crippen LogP contribution in [0.25, 0.3) is 0 Å². The van der Waals surface area contributed by atoms with Gasteiger partial charge in [0, 0.05) is 18.7 Å². The first kappa shape index (κ1) is 10.4. The van der Waals surface area contributed by atoms with Crippen LogP contribution in [-0.4, -0.2) is 19.0 Å². The molecule has 2 rings (SSSR count). The Balaban J connectivity index is 2.13. The van der Waals surface area contributed by atoms with Gasteiger partial charge in [-0.2, -0.15) is 0 Å². The number of piperidine rings is 1. The van der Waals surface area contributed by atoms with Crippen LogP contribution in [0.5, 0.6) is 0 Å². The number of benzene rings is 1. The maximum atomic E-state index is 13.2. The Morgan fingerprint density at radius 3 is 2.47 bits per heavy atom. The number of nitrogens with zero attached hydrogens (tertiary/aromatic N) is 1. The van der Waals surface area contributed by atoms with E-state index in [-0.39, 0.29) is 13.0 Å². The molecule has 0 spiro atoms. The summed E-state index contributed by atoms with van der Waals surface area (Å²) in [6.45, 7) is 2.59. The molecule has 0 unspecified atom stereocenters. The minimum Gasteiger partial charge on any atom is -0.365 e. The number of rotatable bonds is 1. The topological polar surface area (TPSA) is 3.24 Å². The third kappa shape index (κ3) is 2.46. The number of anilines is 1. The number of alkyl halides is 2. The van der Waals surface area contributed by atoms with E-state index in [1.807, 2.05) is 31.2 Å². The zero-order valence-corrected chi connectivity index (χ0v) is 8.84. The molecule has 1 nitrogen and oxygen atoms in total. The minimum absolute atomic E-state index is 0.0232. The zero-order valence-electron chi connectivity index (χ0n) is 8.84. The molecule has 0 saturated carbocycles. The van der Waals surface area contributed by atoms with Gasteiger partial charge in [0.05, 0.1) is 6.54 Å². The minimum atomic E-state index is -2.52. The molecule has 0 N–H and O–H groups in total. The van der Waals surface area contributed by atoms with Crippen molar-refractivity contribution in [3.05, 3.63) is 29.8 Å².